The molecule has 2 N–H and O–H groups in total. The summed E-state index contributed by atoms with van der Waals surface area (Å²) in [4.78, 5) is 8.26. The van der Waals surface area contributed by atoms with Crippen LogP contribution in [0.2, 0.25) is 0 Å². The van der Waals surface area contributed by atoms with Crippen LogP contribution in [-0.4, -0.2) is 9.97 Å². The molecule has 0 spiro atoms. The molecule has 0 saturated carbocycles. The number of benzene rings is 1. The fourth-order valence-electron chi connectivity index (χ4n) is 1.42. The molecule has 0 aliphatic rings. The summed E-state index contributed by atoms with van der Waals surface area (Å²) in [6.45, 7) is 3.97. The molecule has 0 saturated heterocycles. The molecule has 1 aromatic carbocycles. The van der Waals surface area contributed by atoms with Gasteiger partial charge in [-0.1, -0.05) is 12.1 Å². The van der Waals surface area contributed by atoms with Gasteiger partial charge in [-0.2, -0.15) is 0 Å². The molecule has 66 valence electrons. The Kier molecular flexibility index (Phi) is 1.65. The zero-order chi connectivity index (χ0) is 9.42. The van der Waals surface area contributed by atoms with Crippen LogP contribution < -0.4 is 5.73 Å². The number of nitrogens with zero attached hydrogens (tertiary/aromatic N) is 2. The molecule has 1 aromatic heterocycles. The van der Waals surface area contributed by atoms with Crippen molar-refractivity contribution in [1.29, 1.82) is 0 Å². The van der Waals surface area contributed by atoms with Gasteiger partial charge >= 0.3 is 0 Å². The molecule has 0 atom stereocenters. The number of aryl methyl sites for hydroxylation is 2. The van der Waals surface area contributed by atoms with Crippen LogP contribution in [-0.2, 0) is 0 Å². The highest BCUT2D eigenvalue weighted by Crippen LogP contribution is 2.16. The minimum Gasteiger partial charge on any atom is -0.368 e. The van der Waals surface area contributed by atoms with Crippen molar-refractivity contribution in [2.75, 3.05) is 5.73 Å². The van der Waals surface area contributed by atoms with Gasteiger partial charge in [0.05, 0.1) is 11.2 Å². The average Bonchev–Trinajstić information content (AvgIpc) is 2.02. The van der Waals surface area contributed by atoms with Crippen LogP contribution in [0.25, 0.3) is 10.9 Å². The summed E-state index contributed by atoms with van der Waals surface area (Å²) in [6.07, 6.45) is 0. The highest BCUT2D eigenvalue weighted by molar-refractivity contribution is 5.82. The zero-order valence-corrected chi connectivity index (χ0v) is 7.70. The summed E-state index contributed by atoms with van der Waals surface area (Å²) >= 11 is 0. The van der Waals surface area contributed by atoms with Gasteiger partial charge in [-0.15, -0.1) is 0 Å². The quantitative estimate of drug-likeness (QED) is 0.661. The van der Waals surface area contributed by atoms with E-state index in [0.717, 1.165) is 16.6 Å². The number of hydrogen-bond acceptors (Lipinski definition) is 3. The van der Waals surface area contributed by atoms with Crippen LogP contribution >= 0.6 is 0 Å². The SMILES string of the molecule is Cc1ccc2c(C)nc(N)nc2c1. The van der Waals surface area contributed by atoms with Gasteiger partial charge in [0, 0.05) is 5.39 Å². The van der Waals surface area contributed by atoms with E-state index in [1.165, 1.54) is 5.56 Å². The molecule has 0 fully saturated rings. The third-order valence-electron chi connectivity index (χ3n) is 2.06. The Balaban J connectivity index is 2.86. The Bertz CT molecular complexity index is 458. The maximum atomic E-state index is 5.55. The van der Waals surface area contributed by atoms with Gasteiger partial charge in [0.25, 0.3) is 0 Å². The van der Waals surface area contributed by atoms with Gasteiger partial charge in [0.15, 0.2) is 0 Å². The molecule has 0 aliphatic heterocycles. The van der Waals surface area contributed by atoms with E-state index in [-0.39, 0.29) is 0 Å². The number of nitrogen functional groups attached to an aromatic ring is 1. The summed E-state index contributed by atoms with van der Waals surface area (Å²) in [7, 11) is 0. The molecular formula is C10H11N3. The van der Waals surface area contributed by atoms with Crippen molar-refractivity contribution in [2.24, 2.45) is 0 Å². The van der Waals surface area contributed by atoms with Gasteiger partial charge in [-0.3, -0.25) is 0 Å². The molecule has 0 unspecified atom stereocenters. The average molecular weight is 173 g/mol. The lowest BCUT2D eigenvalue weighted by Crippen LogP contribution is -1.97. The Morgan fingerprint density at radius 3 is 2.69 bits per heavy atom. The predicted octanol–water partition coefficient (Wildman–Crippen LogP) is 1.83. The number of rotatable bonds is 0. The van der Waals surface area contributed by atoms with Crippen molar-refractivity contribution >= 4 is 16.9 Å². The van der Waals surface area contributed by atoms with E-state index in [4.69, 9.17) is 5.73 Å². The Morgan fingerprint density at radius 2 is 1.92 bits per heavy atom. The molecule has 0 radical (unpaired) electrons. The number of fused-ring (bicyclic) bond motifs is 1. The van der Waals surface area contributed by atoms with Crippen LogP contribution in [0.3, 0.4) is 0 Å². The highest BCUT2D eigenvalue weighted by Gasteiger charge is 2.01. The van der Waals surface area contributed by atoms with E-state index in [0.29, 0.717) is 5.95 Å². The van der Waals surface area contributed by atoms with E-state index in [1.807, 2.05) is 26.0 Å². The van der Waals surface area contributed by atoms with E-state index < -0.39 is 0 Å². The molecule has 2 rings (SSSR count). The van der Waals surface area contributed by atoms with Crippen molar-refractivity contribution in [2.45, 2.75) is 13.8 Å². The summed E-state index contributed by atoms with van der Waals surface area (Å²) in [5.41, 5.74) is 8.59. The zero-order valence-electron chi connectivity index (χ0n) is 7.70. The van der Waals surface area contributed by atoms with Crippen LogP contribution in [0, 0.1) is 13.8 Å². The first kappa shape index (κ1) is 7.98. The van der Waals surface area contributed by atoms with Crippen LogP contribution in [0.1, 0.15) is 11.3 Å². The highest BCUT2D eigenvalue weighted by atomic mass is 15.0. The van der Waals surface area contributed by atoms with Gasteiger partial charge in [-0.25, -0.2) is 9.97 Å². The molecule has 1 heterocycles. The summed E-state index contributed by atoms with van der Waals surface area (Å²) in [6, 6.07) is 6.09. The summed E-state index contributed by atoms with van der Waals surface area (Å²) < 4.78 is 0. The minimum absolute atomic E-state index is 0.343. The fourth-order valence-corrected chi connectivity index (χ4v) is 1.42. The van der Waals surface area contributed by atoms with Crippen molar-refractivity contribution in [3.05, 3.63) is 29.5 Å². The van der Waals surface area contributed by atoms with E-state index in [1.54, 1.807) is 0 Å². The normalized spacial score (nSPS) is 10.6. The molecular weight excluding hydrogens is 162 g/mol. The summed E-state index contributed by atoms with van der Waals surface area (Å²) in [5, 5.41) is 1.07. The van der Waals surface area contributed by atoms with Gasteiger partial charge < -0.3 is 5.73 Å². The van der Waals surface area contributed by atoms with Crippen molar-refractivity contribution in [3.63, 3.8) is 0 Å². The van der Waals surface area contributed by atoms with Crippen LogP contribution in [0.5, 0.6) is 0 Å². The van der Waals surface area contributed by atoms with Crippen molar-refractivity contribution in [3.8, 4) is 0 Å². The number of nitrogens with two attached hydrogens (primary N) is 1. The monoisotopic (exact) mass is 173 g/mol. The molecule has 0 amide bonds. The maximum absolute atomic E-state index is 5.55. The topological polar surface area (TPSA) is 51.8 Å². The third kappa shape index (κ3) is 1.33. The number of aromatic nitrogens is 2. The second-order valence-corrected chi connectivity index (χ2v) is 3.19. The number of anilines is 1. The largest absolute Gasteiger partial charge is 0.368 e. The molecule has 2 aromatic rings. The first-order valence-electron chi connectivity index (χ1n) is 4.17. The van der Waals surface area contributed by atoms with E-state index in [9.17, 15) is 0 Å². The Labute approximate surface area is 76.6 Å². The third-order valence-corrected chi connectivity index (χ3v) is 2.06. The van der Waals surface area contributed by atoms with Crippen LogP contribution in [0.15, 0.2) is 18.2 Å². The first-order valence-corrected chi connectivity index (χ1v) is 4.17. The second kappa shape index (κ2) is 2.69. The second-order valence-electron chi connectivity index (χ2n) is 3.19. The standard InChI is InChI=1S/C10H11N3/c1-6-3-4-8-7(2)12-10(11)13-9(8)5-6/h3-5H,1-2H3,(H2,11,12,13). The van der Waals surface area contributed by atoms with Gasteiger partial charge in [0.2, 0.25) is 5.95 Å². The summed E-state index contributed by atoms with van der Waals surface area (Å²) in [5.74, 6) is 0.343. The molecule has 0 bridgehead atoms. The van der Waals surface area contributed by atoms with E-state index >= 15 is 0 Å². The van der Waals surface area contributed by atoms with Gasteiger partial charge in [0.1, 0.15) is 0 Å². The van der Waals surface area contributed by atoms with E-state index in [2.05, 4.69) is 16.0 Å². The first-order chi connectivity index (χ1) is 6.16. The Morgan fingerprint density at radius 1 is 1.15 bits per heavy atom. The molecule has 3 nitrogen and oxygen atoms in total. The fraction of sp³-hybridized carbons (Fsp3) is 0.200. The predicted molar refractivity (Wildman–Crippen MR) is 53.4 cm³/mol. The smallest absolute Gasteiger partial charge is 0.220 e. The minimum atomic E-state index is 0.343. The molecule has 13 heavy (non-hydrogen) atoms. The van der Waals surface area contributed by atoms with Crippen molar-refractivity contribution in [1.82, 2.24) is 9.97 Å². The lowest BCUT2D eigenvalue weighted by atomic mass is 10.1. The Hall–Kier alpha value is -1.64. The maximum Gasteiger partial charge on any atom is 0.220 e. The lowest BCUT2D eigenvalue weighted by molar-refractivity contribution is 1.17. The molecule has 3 heteroatoms. The van der Waals surface area contributed by atoms with Gasteiger partial charge in [-0.05, 0) is 25.5 Å². The van der Waals surface area contributed by atoms with Crippen molar-refractivity contribution < 1.29 is 0 Å². The number of hydrogen-bond donors (Lipinski definition) is 1. The van der Waals surface area contributed by atoms with Crippen LogP contribution in [0.4, 0.5) is 5.95 Å². The lowest BCUT2D eigenvalue weighted by Gasteiger charge is -2.02. The molecule has 0 aliphatic carbocycles.